The van der Waals surface area contributed by atoms with Crippen LogP contribution in [0.15, 0.2) is 18.2 Å². The van der Waals surface area contributed by atoms with Crippen molar-refractivity contribution in [2.45, 2.75) is 13.3 Å². The number of anilines is 1. The number of thiophene rings is 1. The fourth-order valence-corrected chi connectivity index (χ4v) is 2.59. The maximum atomic E-state index is 10.7. The fourth-order valence-electron chi connectivity index (χ4n) is 1.60. The van der Waals surface area contributed by atoms with Crippen molar-refractivity contribution >= 4 is 32.7 Å². The number of hydrogen-bond donors (Lipinski definition) is 1. The number of aldehydes is 1. The monoisotopic (exact) mass is 205 g/mol. The molecule has 0 aliphatic heterocycles. The summed E-state index contributed by atoms with van der Waals surface area (Å²) in [6, 6.07) is 5.74. The third-order valence-electron chi connectivity index (χ3n) is 2.25. The molecule has 0 unspecified atom stereocenters. The Morgan fingerprint density at radius 2 is 2.21 bits per heavy atom. The third-order valence-corrected chi connectivity index (χ3v) is 3.31. The first-order chi connectivity index (χ1) is 6.74. The summed E-state index contributed by atoms with van der Waals surface area (Å²) in [5.41, 5.74) is 7.66. The van der Waals surface area contributed by atoms with Crippen molar-refractivity contribution in [3.8, 4) is 0 Å². The molecule has 2 N–H and O–H groups in total. The first-order valence-electron chi connectivity index (χ1n) is 4.51. The van der Waals surface area contributed by atoms with Gasteiger partial charge in [-0.3, -0.25) is 4.79 Å². The van der Waals surface area contributed by atoms with Crippen LogP contribution in [0.2, 0.25) is 0 Å². The summed E-state index contributed by atoms with van der Waals surface area (Å²) in [5, 5.41) is 1.88. The number of benzene rings is 1. The van der Waals surface area contributed by atoms with Crippen molar-refractivity contribution in [1.29, 1.82) is 0 Å². The molecule has 0 aliphatic carbocycles. The smallest absolute Gasteiger partial charge is 0.150 e. The van der Waals surface area contributed by atoms with Crippen LogP contribution < -0.4 is 5.73 Å². The van der Waals surface area contributed by atoms with E-state index in [0.29, 0.717) is 0 Å². The lowest BCUT2D eigenvalue weighted by Crippen LogP contribution is -1.85. The molecule has 1 aromatic heterocycles. The Labute approximate surface area is 86.3 Å². The van der Waals surface area contributed by atoms with E-state index in [1.54, 1.807) is 11.3 Å². The van der Waals surface area contributed by atoms with Crippen LogP contribution in [0.5, 0.6) is 0 Å². The Kier molecular flexibility index (Phi) is 2.25. The predicted octanol–water partition coefficient (Wildman–Crippen LogP) is 2.86. The molecule has 0 fully saturated rings. The molecule has 0 aliphatic rings. The van der Waals surface area contributed by atoms with Gasteiger partial charge in [-0.25, -0.2) is 0 Å². The molecule has 72 valence electrons. The van der Waals surface area contributed by atoms with Gasteiger partial charge in [0.2, 0.25) is 0 Å². The van der Waals surface area contributed by atoms with E-state index in [1.165, 1.54) is 10.3 Å². The zero-order valence-corrected chi connectivity index (χ0v) is 8.73. The Hall–Kier alpha value is -1.35. The molecule has 14 heavy (non-hydrogen) atoms. The van der Waals surface area contributed by atoms with Crippen LogP contribution in [0.3, 0.4) is 0 Å². The van der Waals surface area contributed by atoms with Crippen LogP contribution in [0, 0.1) is 0 Å². The van der Waals surface area contributed by atoms with E-state index in [1.807, 2.05) is 18.2 Å². The molecule has 0 saturated heterocycles. The van der Waals surface area contributed by atoms with Crippen LogP contribution in [0.1, 0.15) is 22.8 Å². The molecule has 1 aromatic carbocycles. The minimum Gasteiger partial charge on any atom is -0.391 e. The SMILES string of the molecule is CCc1cc(C=O)cc2cc(N)sc12. The molecule has 0 atom stereocenters. The standard InChI is InChI=1S/C11H11NOS/c1-2-8-3-7(6-13)4-9-5-10(12)14-11(8)9/h3-6H,2,12H2,1H3. The summed E-state index contributed by atoms with van der Waals surface area (Å²) < 4.78 is 1.20. The number of fused-ring (bicyclic) bond motifs is 1. The van der Waals surface area contributed by atoms with E-state index < -0.39 is 0 Å². The van der Waals surface area contributed by atoms with Crippen molar-refractivity contribution in [2.75, 3.05) is 5.73 Å². The summed E-state index contributed by atoms with van der Waals surface area (Å²) in [7, 11) is 0. The Morgan fingerprint density at radius 3 is 2.86 bits per heavy atom. The number of nitrogens with two attached hydrogens (primary N) is 1. The van der Waals surface area contributed by atoms with Gasteiger partial charge in [0.15, 0.2) is 0 Å². The lowest BCUT2D eigenvalue weighted by molar-refractivity contribution is 0.112. The Balaban J connectivity index is 2.78. The summed E-state index contributed by atoms with van der Waals surface area (Å²) >= 11 is 1.58. The Morgan fingerprint density at radius 1 is 1.43 bits per heavy atom. The molecule has 0 saturated carbocycles. The molecule has 3 heteroatoms. The van der Waals surface area contributed by atoms with Crippen molar-refractivity contribution in [3.63, 3.8) is 0 Å². The third kappa shape index (κ3) is 1.40. The van der Waals surface area contributed by atoms with Crippen molar-refractivity contribution in [2.24, 2.45) is 0 Å². The van der Waals surface area contributed by atoms with Gasteiger partial charge >= 0.3 is 0 Å². The average Bonchev–Trinajstić information content (AvgIpc) is 2.56. The van der Waals surface area contributed by atoms with Gasteiger partial charge < -0.3 is 5.73 Å². The molecule has 0 radical (unpaired) electrons. The van der Waals surface area contributed by atoms with Crippen LogP contribution in [0.25, 0.3) is 10.1 Å². The van der Waals surface area contributed by atoms with Gasteiger partial charge in [-0.2, -0.15) is 0 Å². The molecule has 0 bridgehead atoms. The molecular weight excluding hydrogens is 194 g/mol. The number of nitrogen functional groups attached to an aromatic ring is 1. The molecular formula is C11H11NOS. The molecule has 2 nitrogen and oxygen atoms in total. The zero-order valence-electron chi connectivity index (χ0n) is 7.91. The fraction of sp³-hybridized carbons (Fsp3) is 0.182. The molecule has 2 rings (SSSR count). The summed E-state index contributed by atoms with van der Waals surface area (Å²) in [5.74, 6) is 0. The topological polar surface area (TPSA) is 43.1 Å². The number of carbonyl (C=O) groups is 1. The van der Waals surface area contributed by atoms with E-state index in [4.69, 9.17) is 5.73 Å². The highest BCUT2D eigenvalue weighted by Crippen LogP contribution is 2.31. The first-order valence-corrected chi connectivity index (χ1v) is 5.33. The van der Waals surface area contributed by atoms with E-state index in [0.717, 1.165) is 28.7 Å². The van der Waals surface area contributed by atoms with E-state index in [2.05, 4.69) is 6.92 Å². The van der Waals surface area contributed by atoms with Gasteiger partial charge in [0.1, 0.15) is 6.29 Å². The van der Waals surface area contributed by atoms with Crippen molar-refractivity contribution in [1.82, 2.24) is 0 Å². The summed E-state index contributed by atoms with van der Waals surface area (Å²) in [6.45, 7) is 2.08. The summed E-state index contributed by atoms with van der Waals surface area (Å²) in [6.07, 6.45) is 1.81. The Bertz CT molecular complexity index is 487. The van der Waals surface area contributed by atoms with Gasteiger partial charge in [0, 0.05) is 10.3 Å². The maximum absolute atomic E-state index is 10.7. The van der Waals surface area contributed by atoms with Crippen LogP contribution >= 0.6 is 11.3 Å². The number of carbonyl (C=O) groups excluding carboxylic acids is 1. The van der Waals surface area contributed by atoms with Crippen molar-refractivity contribution < 1.29 is 4.79 Å². The highest BCUT2D eigenvalue weighted by atomic mass is 32.1. The van der Waals surface area contributed by atoms with Gasteiger partial charge in [-0.05, 0) is 35.6 Å². The molecule has 2 aromatic rings. The van der Waals surface area contributed by atoms with Crippen LogP contribution in [0.4, 0.5) is 5.00 Å². The largest absolute Gasteiger partial charge is 0.391 e. The van der Waals surface area contributed by atoms with Crippen molar-refractivity contribution in [3.05, 3.63) is 29.3 Å². The first kappa shape index (κ1) is 9.21. The maximum Gasteiger partial charge on any atom is 0.150 e. The normalized spacial score (nSPS) is 10.6. The van der Waals surface area contributed by atoms with E-state index in [9.17, 15) is 4.79 Å². The average molecular weight is 205 g/mol. The lowest BCUT2D eigenvalue weighted by atomic mass is 10.1. The van der Waals surface area contributed by atoms with E-state index in [-0.39, 0.29) is 0 Å². The number of rotatable bonds is 2. The van der Waals surface area contributed by atoms with Crippen LogP contribution in [-0.2, 0) is 6.42 Å². The lowest BCUT2D eigenvalue weighted by Gasteiger charge is -2.00. The number of aryl methyl sites for hydroxylation is 1. The quantitative estimate of drug-likeness (QED) is 0.766. The van der Waals surface area contributed by atoms with Gasteiger partial charge in [0.05, 0.1) is 5.00 Å². The molecule has 0 spiro atoms. The second kappa shape index (κ2) is 3.42. The molecule has 0 amide bonds. The summed E-state index contributed by atoms with van der Waals surface area (Å²) in [4.78, 5) is 10.7. The van der Waals surface area contributed by atoms with Gasteiger partial charge in [0.25, 0.3) is 0 Å². The highest BCUT2D eigenvalue weighted by molar-refractivity contribution is 7.22. The van der Waals surface area contributed by atoms with Gasteiger partial charge in [-0.1, -0.05) is 6.92 Å². The highest BCUT2D eigenvalue weighted by Gasteiger charge is 2.05. The minimum absolute atomic E-state index is 0.729. The van der Waals surface area contributed by atoms with Gasteiger partial charge in [-0.15, -0.1) is 11.3 Å². The zero-order chi connectivity index (χ0) is 10.1. The predicted molar refractivity (Wildman–Crippen MR) is 61.0 cm³/mol. The second-order valence-electron chi connectivity index (χ2n) is 3.22. The minimum atomic E-state index is 0.729. The van der Waals surface area contributed by atoms with E-state index >= 15 is 0 Å². The molecule has 1 heterocycles. The number of hydrogen-bond acceptors (Lipinski definition) is 3. The van der Waals surface area contributed by atoms with Crippen LogP contribution in [-0.4, -0.2) is 6.29 Å². The second-order valence-corrected chi connectivity index (χ2v) is 4.30.